The maximum Gasteiger partial charge on any atom is 0.274 e. The van der Waals surface area contributed by atoms with Gasteiger partial charge in [-0.3, -0.25) is 9.79 Å². The zero-order valence-corrected chi connectivity index (χ0v) is 15.8. The normalized spacial score (nSPS) is 19.5. The van der Waals surface area contributed by atoms with Gasteiger partial charge < -0.3 is 11.1 Å². The Morgan fingerprint density at radius 3 is 2.85 bits per heavy atom. The summed E-state index contributed by atoms with van der Waals surface area (Å²) in [7, 11) is 0. The molecule has 0 saturated heterocycles. The van der Waals surface area contributed by atoms with Gasteiger partial charge in [-0.1, -0.05) is 48.2 Å². The maximum absolute atomic E-state index is 12.7. The number of thioether (sulfide) groups is 1. The quantitative estimate of drug-likeness (QED) is 0.719. The first-order valence-electron chi connectivity index (χ1n) is 8.79. The van der Waals surface area contributed by atoms with Crippen molar-refractivity contribution in [3.63, 3.8) is 0 Å². The lowest BCUT2D eigenvalue weighted by molar-refractivity contribution is 0.102. The van der Waals surface area contributed by atoms with Gasteiger partial charge in [0.2, 0.25) is 0 Å². The van der Waals surface area contributed by atoms with Crippen LogP contribution in [0.5, 0.6) is 0 Å². The van der Waals surface area contributed by atoms with Gasteiger partial charge in [-0.25, -0.2) is 4.98 Å². The number of hydrogen-bond donors (Lipinski definition) is 2. The fourth-order valence-electron chi connectivity index (χ4n) is 3.21. The van der Waals surface area contributed by atoms with Gasteiger partial charge in [0, 0.05) is 16.8 Å². The molecule has 3 N–H and O–H groups in total. The molecule has 4 rings (SSSR count). The molecule has 0 fully saturated rings. The minimum Gasteiger partial charge on any atom is -0.379 e. The molecule has 5 nitrogen and oxygen atoms in total. The molecule has 2 heterocycles. The average molecular weight is 376 g/mol. The predicted molar refractivity (Wildman–Crippen MR) is 112 cm³/mol. The fraction of sp³-hybridized carbons (Fsp3) is 0.190. The van der Waals surface area contributed by atoms with Crippen molar-refractivity contribution in [1.29, 1.82) is 0 Å². The van der Waals surface area contributed by atoms with E-state index in [2.05, 4.69) is 22.2 Å². The van der Waals surface area contributed by atoms with Crippen LogP contribution in [0.1, 0.15) is 29.4 Å². The van der Waals surface area contributed by atoms with E-state index in [1.165, 1.54) is 0 Å². The Morgan fingerprint density at radius 2 is 2.00 bits per heavy atom. The zero-order chi connectivity index (χ0) is 18.9. The van der Waals surface area contributed by atoms with Crippen LogP contribution in [0.15, 0.2) is 65.7 Å². The molecular weight excluding hydrogens is 356 g/mol. The first-order chi connectivity index (χ1) is 13.0. The Bertz CT molecular complexity index is 1050. The molecule has 1 aromatic heterocycles. The molecular formula is C21H20N4OS. The van der Waals surface area contributed by atoms with Gasteiger partial charge in [0.25, 0.3) is 5.91 Å². The number of benzene rings is 2. The minimum atomic E-state index is -0.364. The van der Waals surface area contributed by atoms with Crippen molar-refractivity contribution in [1.82, 2.24) is 4.98 Å². The number of para-hydroxylation sites is 1. The summed E-state index contributed by atoms with van der Waals surface area (Å²) in [6.45, 7) is 2.07. The van der Waals surface area contributed by atoms with Crippen molar-refractivity contribution in [2.24, 2.45) is 10.7 Å². The minimum absolute atomic E-state index is 0.231. The maximum atomic E-state index is 12.7. The number of nitrogens with one attached hydrogen (secondary N) is 1. The third-order valence-corrected chi connectivity index (χ3v) is 5.56. The number of aliphatic imine (C=N–C) groups is 1. The monoisotopic (exact) mass is 376 g/mol. The van der Waals surface area contributed by atoms with Crippen LogP contribution in [-0.2, 0) is 5.54 Å². The summed E-state index contributed by atoms with van der Waals surface area (Å²) in [5, 5.41) is 4.56. The van der Waals surface area contributed by atoms with E-state index in [1.54, 1.807) is 17.8 Å². The summed E-state index contributed by atoms with van der Waals surface area (Å²) in [4.78, 5) is 21.7. The number of rotatable bonds is 3. The molecule has 0 saturated carbocycles. The van der Waals surface area contributed by atoms with Crippen molar-refractivity contribution in [3.05, 3.63) is 71.9 Å². The number of fused-ring (bicyclic) bond motifs is 1. The first-order valence-corrected chi connectivity index (χ1v) is 9.78. The van der Waals surface area contributed by atoms with E-state index in [1.807, 2.05) is 54.6 Å². The van der Waals surface area contributed by atoms with Crippen LogP contribution >= 0.6 is 11.8 Å². The second-order valence-corrected chi connectivity index (χ2v) is 7.86. The topological polar surface area (TPSA) is 80.4 Å². The van der Waals surface area contributed by atoms with Gasteiger partial charge in [-0.15, -0.1) is 0 Å². The number of nitrogens with zero attached hydrogens (tertiary/aromatic N) is 2. The highest BCUT2D eigenvalue weighted by molar-refractivity contribution is 8.13. The summed E-state index contributed by atoms with van der Waals surface area (Å²) < 4.78 is 0. The second kappa shape index (κ2) is 7.04. The lowest BCUT2D eigenvalue weighted by Crippen LogP contribution is -2.28. The summed E-state index contributed by atoms with van der Waals surface area (Å²) in [5.74, 6) is 0.703. The molecule has 1 atom stereocenters. The number of nitrogens with two attached hydrogens (primary N) is 1. The van der Waals surface area contributed by atoms with Crippen molar-refractivity contribution in [2.45, 2.75) is 18.9 Å². The highest BCUT2D eigenvalue weighted by Gasteiger charge is 2.29. The number of carbonyl (C=O) groups excluding carboxylic acids is 1. The van der Waals surface area contributed by atoms with Gasteiger partial charge in [0.05, 0.1) is 11.1 Å². The Balaban J connectivity index is 1.59. The Kier molecular flexibility index (Phi) is 4.58. The van der Waals surface area contributed by atoms with Crippen LogP contribution < -0.4 is 11.1 Å². The molecule has 0 aliphatic carbocycles. The Morgan fingerprint density at radius 1 is 1.15 bits per heavy atom. The first kappa shape index (κ1) is 17.5. The van der Waals surface area contributed by atoms with E-state index < -0.39 is 0 Å². The lowest BCUT2D eigenvalue weighted by atomic mass is 9.89. The summed E-state index contributed by atoms with van der Waals surface area (Å²) >= 11 is 1.58. The molecule has 0 spiro atoms. The molecule has 2 aromatic carbocycles. The molecule has 1 unspecified atom stereocenters. The number of hydrogen-bond acceptors (Lipinski definition) is 5. The number of anilines is 1. The van der Waals surface area contributed by atoms with Crippen LogP contribution in [0.3, 0.4) is 0 Å². The zero-order valence-electron chi connectivity index (χ0n) is 15.0. The Labute approximate surface area is 162 Å². The smallest absolute Gasteiger partial charge is 0.274 e. The van der Waals surface area contributed by atoms with E-state index in [9.17, 15) is 4.79 Å². The summed E-state index contributed by atoms with van der Waals surface area (Å²) in [5.41, 5.74) is 8.51. The average Bonchev–Trinajstić information content (AvgIpc) is 2.67. The number of pyridine rings is 1. The molecule has 27 heavy (non-hydrogen) atoms. The standard InChI is InChI=1S/C21H20N4OS/c1-21(11-12-27-20(22)25-21)15-6-4-7-16(13-15)23-19(26)18-10-9-14-5-2-3-8-17(14)24-18/h2-10,13H,11-12H2,1H3,(H2,22,25)(H,23,26). The number of carbonyl (C=O) groups is 1. The molecule has 6 heteroatoms. The highest BCUT2D eigenvalue weighted by atomic mass is 32.2. The number of aromatic nitrogens is 1. The van der Waals surface area contributed by atoms with Crippen LogP contribution in [0.2, 0.25) is 0 Å². The van der Waals surface area contributed by atoms with E-state index >= 15 is 0 Å². The molecule has 136 valence electrons. The SMILES string of the molecule is CC1(c2cccc(NC(=O)c3ccc4ccccc4n3)c2)CCSC(N)=N1. The third kappa shape index (κ3) is 3.66. The van der Waals surface area contributed by atoms with Crippen molar-refractivity contribution in [3.8, 4) is 0 Å². The number of amides is 1. The van der Waals surface area contributed by atoms with E-state index in [-0.39, 0.29) is 11.4 Å². The van der Waals surface area contributed by atoms with Crippen LogP contribution in [0, 0.1) is 0 Å². The van der Waals surface area contributed by atoms with Crippen LogP contribution in [0.4, 0.5) is 5.69 Å². The Hall–Kier alpha value is -2.86. The predicted octanol–water partition coefficient (Wildman–Crippen LogP) is 4.15. The van der Waals surface area contributed by atoms with Crippen LogP contribution in [-0.4, -0.2) is 21.8 Å². The molecule has 1 aliphatic rings. The highest BCUT2D eigenvalue weighted by Crippen LogP contribution is 2.35. The van der Waals surface area contributed by atoms with Gasteiger partial charge in [-0.05, 0) is 43.2 Å². The second-order valence-electron chi connectivity index (χ2n) is 6.75. The van der Waals surface area contributed by atoms with Gasteiger partial charge >= 0.3 is 0 Å². The largest absolute Gasteiger partial charge is 0.379 e. The summed E-state index contributed by atoms with van der Waals surface area (Å²) in [6, 6.07) is 19.2. The van der Waals surface area contributed by atoms with Crippen molar-refractivity contribution in [2.75, 3.05) is 11.1 Å². The molecule has 3 aromatic rings. The van der Waals surface area contributed by atoms with Crippen molar-refractivity contribution >= 4 is 39.4 Å². The van der Waals surface area contributed by atoms with E-state index in [0.29, 0.717) is 10.9 Å². The fourth-order valence-corrected chi connectivity index (χ4v) is 4.19. The van der Waals surface area contributed by atoms with Crippen LogP contribution in [0.25, 0.3) is 10.9 Å². The van der Waals surface area contributed by atoms with Crippen molar-refractivity contribution < 1.29 is 4.79 Å². The molecule has 1 amide bonds. The molecule has 0 bridgehead atoms. The van der Waals surface area contributed by atoms with Gasteiger partial charge in [0.15, 0.2) is 5.17 Å². The third-order valence-electron chi connectivity index (χ3n) is 4.77. The number of amidine groups is 1. The van der Waals surface area contributed by atoms with E-state index in [0.717, 1.165) is 34.3 Å². The van der Waals surface area contributed by atoms with Gasteiger partial charge in [0.1, 0.15) is 5.69 Å². The lowest BCUT2D eigenvalue weighted by Gasteiger charge is -2.30. The van der Waals surface area contributed by atoms with E-state index in [4.69, 9.17) is 5.73 Å². The van der Waals surface area contributed by atoms with Gasteiger partial charge in [-0.2, -0.15) is 0 Å². The summed E-state index contributed by atoms with van der Waals surface area (Å²) in [6.07, 6.45) is 0.905. The molecule has 0 radical (unpaired) electrons. The molecule has 1 aliphatic heterocycles.